The van der Waals surface area contributed by atoms with Gasteiger partial charge in [-0.3, -0.25) is 4.79 Å². The molecule has 74 valence electrons. The number of rotatable bonds is 1. The maximum absolute atomic E-state index is 11.4. The van der Waals surface area contributed by atoms with E-state index in [4.69, 9.17) is 11.6 Å². The van der Waals surface area contributed by atoms with E-state index in [1.807, 2.05) is 6.07 Å². The maximum atomic E-state index is 11.4. The lowest BCUT2D eigenvalue weighted by molar-refractivity contribution is 1.04. The highest BCUT2D eigenvalue weighted by atomic mass is 35.5. The fourth-order valence-corrected chi connectivity index (χ4v) is 1.32. The molecule has 1 N–H and O–H groups in total. The quantitative estimate of drug-likeness (QED) is 0.763. The van der Waals surface area contributed by atoms with Gasteiger partial charge in [0.25, 0.3) is 5.56 Å². The maximum Gasteiger partial charge on any atom is 0.258 e. The highest BCUT2D eigenvalue weighted by Gasteiger charge is 2.00. The van der Waals surface area contributed by atoms with Gasteiger partial charge in [-0.25, -0.2) is 4.98 Å². The van der Waals surface area contributed by atoms with Crippen LogP contribution in [0, 0.1) is 0 Å². The lowest BCUT2D eigenvalue weighted by atomic mass is 10.2. The van der Waals surface area contributed by atoms with E-state index in [2.05, 4.69) is 9.97 Å². The number of hydrogen-bond acceptors (Lipinski definition) is 2. The zero-order chi connectivity index (χ0) is 9.26. The number of alkyl halides is 1. The van der Waals surface area contributed by atoms with Crippen LogP contribution in [0.2, 0.25) is 0 Å². The number of nitrogens with zero attached hydrogens (tertiary/aromatic N) is 1. The summed E-state index contributed by atoms with van der Waals surface area (Å²) in [6.07, 6.45) is 0. The summed E-state index contributed by atoms with van der Waals surface area (Å²) < 4.78 is 0. The third-order valence-corrected chi connectivity index (χ3v) is 2.04. The van der Waals surface area contributed by atoms with Crippen LogP contribution in [0.5, 0.6) is 0 Å². The highest BCUT2D eigenvalue weighted by Crippen LogP contribution is 2.06. The second kappa shape index (κ2) is 4.44. The number of H-pyrrole nitrogens is 1. The van der Waals surface area contributed by atoms with Crippen LogP contribution in [0.3, 0.4) is 0 Å². The fraction of sp³-hybridized carbons (Fsp3) is 0.111. The number of fused-ring (bicyclic) bond motifs is 1. The highest BCUT2D eigenvalue weighted by molar-refractivity contribution is 6.16. The lowest BCUT2D eigenvalue weighted by Crippen LogP contribution is -2.10. The van der Waals surface area contributed by atoms with Crippen molar-refractivity contribution in [3.63, 3.8) is 0 Å². The van der Waals surface area contributed by atoms with Gasteiger partial charge in [0.05, 0.1) is 16.8 Å². The van der Waals surface area contributed by atoms with Gasteiger partial charge in [0.2, 0.25) is 0 Å². The van der Waals surface area contributed by atoms with E-state index in [9.17, 15) is 4.79 Å². The lowest BCUT2D eigenvalue weighted by Gasteiger charge is -1.97. The van der Waals surface area contributed by atoms with E-state index in [1.165, 1.54) is 0 Å². The Morgan fingerprint density at radius 1 is 1.36 bits per heavy atom. The summed E-state index contributed by atoms with van der Waals surface area (Å²) in [5.74, 6) is 0.727. The summed E-state index contributed by atoms with van der Waals surface area (Å²) in [5, 5.41) is 0.594. The van der Waals surface area contributed by atoms with Crippen LogP contribution < -0.4 is 5.56 Å². The number of aromatic amines is 1. The van der Waals surface area contributed by atoms with E-state index in [0.717, 1.165) is 0 Å². The Hall–Kier alpha value is -1.06. The van der Waals surface area contributed by atoms with E-state index in [0.29, 0.717) is 16.7 Å². The minimum Gasteiger partial charge on any atom is -0.309 e. The minimum atomic E-state index is -0.138. The van der Waals surface area contributed by atoms with Crippen LogP contribution in [0.4, 0.5) is 0 Å². The van der Waals surface area contributed by atoms with Crippen LogP contribution in [-0.2, 0) is 5.88 Å². The van der Waals surface area contributed by atoms with Gasteiger partial charge in [-0.2, -0.15) is 0 Å². The molecule has 0 spiro atoms. The van der Waals surface area contributed by atoms with E-state index in [-0.39, 0.29) is 23.8 Å². The van der Waals surface area contributed by atoms with E-state index >= 15 is 0 Å². The Morgan fingerprint density at radius 2 is 2.07 bits per heavy atom. The predicted octanol–water partition coefficient (Wildman–Crippen LogP) is 2.08. The Bertz CT molecular complexity index is 495. The molecule has 0 aliphatic heterocycles. The molecule has 0 aliphatic rings. The van der Waals surface area contributed by atoms with Crippen molar-refractivity contribution in [2.24, 2.45) is 0 Å². The molecule has 1 aromatic carbocycles. The molecule has 0 atom stereocenters. The molecule has 2 aromatic rings. The molecule has 0 bridgehead atoms. The van der Waals surface area contributed by atoms with Crippen molar-refractivity contribution in [1.82, 2.24) is 9.97 Å². The van der Waals surface area contributed by atoms with Crippen molar-refractivity contribution >= 4 is 34.9 Å². The zero-order valence-electron chi connectivity index (χ0n) is 7.16. The van der Waals surface area contributed by atoms with Crippen molar-refractivity contribution in [3.05, 3.63) is 40.4 Å². The molecule has 14 heavy (non-hydrogen) atoms. The van der Waals surface area contributed by atoms with Gasteiger partial charge in [0.1, 0.15) is 5.82 Å². The first-order valence-electron chi connectivity index (χ1n) is 3.85. The summed E-state index contributed by atoms with van der Waals surface area (Å²) in [5.41, 5.74) is 0.545. The van der Waals surface area contributed by atoms with Gasteiger partial charge >= 0.3 is 0 Å². The van der Waals surface area contributed by atoms with Gasteiger partial charge in [0.15, 0.2) is 0 Å². The number of para-hydroxylation sites is 1. The number of halogens is 2. The first-order valence-corrected chi connectivity index (χ1v) is 4.38. The second-order valence-electron chi connectivity index (χ2n) is 2.66. The summed E-state index contributed by atoms with van der Waals surface area (Å²) in [7, 11) is 0. The molecule has 0 amide bonds. The zero-order valence-corrected chi connectivity index (χ0v) is 8.73. The monoisotopic (exact) mass is 230 g/mol. The van der Waals surface area contributed by atoms with Crippen LogP contribution in [0.15, 0.2) is 29.1 Å². The van der Waals surface area contributed by atoms with E-state index in [1.54, 1.807) is 18.2 Å². The Labute approximate surface area is 91.5 Å². The van der Waals surface area contributed by atoms with Crippen LogP contribution in [-0.4, -0.2) is 9.97 Å². The molecule has 0 aliphatic carbocycles. The molecular weight excluding hydrogens is 223 g/mol. The first-order chi connectivity index (χ1) is 6.31. The Kier molecular flexibility index (Phi) is 3.49. The predicted molar refractivity (Wildman–Crippen MR) is 59.2 cm³/mol. The Morgan fingerprint density at radius 3 is 2.79 bits per heavy atom. The molecule has 0 unspecified atom stereocenters. The second-order valence-corrected chi connectivity index (χ2v) is 2.93. The number of benzene rings is 1. The average molecular weight is 231 g/mol. The molecule has 0 saturated heterocycles. The van der Waals surface area contributed by atoms with Gasteiger partial charge < -0.3 is 4.98 Å². The van der Waals surface area contributed by atoms with Gasteiger partial charge in [-0.15, -0.1) is 24.0 Å². The van der Waals surface area contributed by atoms with Gasteiger partial charge in [-0.1, -0.05) is 12.1 Å². The normalized spacial score (nSPS) is 9.79. The number of hydrogen-bond donors (Lipinski definition) is 1. The summed E-state index contributed by atoms with van der Waals surface area (Å²) >= 11 is 5.57. The molecule has 2 rings (SSSR count). The summed E-state index contributed by atoms with van der Waals surface area (Å²) in [4.78, 5) is 18.2. The largest absolute Gasteiger partial charge is 0.309 e. The van der Waals surface area contributed by atoms with Crippen molar-refractivity contribution < 1.29 is 0 Å². The molecule has 0 saturated carbocycles. The molecular formula is C9H8Cl2N2O. The van der Waals surface area contributed by atoms with Crippen LogP contribution in [0.1, 0.15) is 5.82 Å². The molecule has 0 radical (unpaired) electrons. The summed E-state index contributed by atoms with van der Waals surface area (Å²) in [6, 6.07) is 7.17. The van der Waals surface area contributed by atoms with Crippen molar-refractivity contribution in [1.29, 1.82) is 0 Å². The number of aromatic nitrogens is 2. The minimum absolute atomic E-state index is 0. The standard InChI is InChI=1S/C9H7ClN2O.ClH/c10-5-8-11-7-4-2-1-3-6(7)9(13)12-8;/h1-4H,5H2,(H,11,12,13);1H. The smallest absolute Gasteiger partial charge is 0.258 e. The van der Waals surface area contributed by atoms with E-state index < -0.39 is 0 Å². The SMILES string of the molecule is Cl.O=c1[nH]c(CCl)nc2ccccc12. The molecule has 5 heteroatoms. The summed E-state index contributed by atoms with van der Waals surface area (Å²) in [6.45, 7) is 0. The van der Waals surface area contributed by atoms with Crippen LogP contribution in [0.25, 0.3) is 10.9 Å². The van der Waals surface area contributed by atoms with Crippen LogP contribution >= 0.6 is 24.0 Å². The third kappa shape index (κ3) is 1.89. The number of nitrogens with one attached hydrogen (secondary N) is 1. The average Bonchev–Trinajstić information content (AvgIpc) is 2.18. The molecule has 3 nitrogen and oxygen atoms in total. The van der Waals surface area contributed by atoms with Crippen molar-refractivity contribution in [2.75, 3.05) is 0 Å². The van der Waals surface area contributed by atoms with Crippen molar-refractivity contribution in [2.45, 2.75) is 5.88 Å². The van der Waals surface area contributed by atoms with Crippen molar-refractivity contribution in [3.8, 4) is 0 Å². The molecule has 0 fully saturated rings. The molecule has 1 heterocycles. The Balaban J connectivity index is 0.000000980. The van der Waals surface area contributed by atoms with Gasteiger partial charge in [0, 0.05) is 0 Å². The first kappa shape index (κ1) is 11.0. The van der Waals surface area contributed by atoms with Gasteiger partial charge in [-0.05, 0) is 12.1 Å². The fourth-order valence-electron chi connectivity index (χ4n) is 1.20. The third-order valence-electron chi connectivity index (χ3n) is 1.79. The topological polar surface area (TPSA) is 45.8 Å². The molecule has 1 aromatic heterocycles.